The zero-order valence-electron chi connectivity index (χ0n) is 22.2. The summed E-state index contributed by atoms with van der Waals surface area (Å²) in [4.78, 5) is 30.1. The van der Waals surface area contributed by atoms with E-state index in [0.717, 1.165) is 38.1 Å². The number of anilines is 1. The second kappa shape index (κ2) is 10.9. The molecule has 0 aliphatic carbocycles. The molecule has 0 spiro atoms. The summed E-state index contributed by atoms with van der Waals surface area (Å²) in [6.45, 7) is 0.968. The first-order valence-electron chi connectivity index (χ1n) is 13.1. The number of ketones is 1. The van der Waals surface area contributed by atoms with Crippen LogP contribution in [-0.2, 0) is 11.2 Å². The number of alkyl halides is 3. The van der Waals surface area contributed by atoms with Crippen LogP contribution in [0.2, 0.25) is 0 Å². The Morgan fingerprint density at radius 2 is 1.88 bits per heavy atom. The van der Waals surface area contributed by atoms with Crippen LogP contribution in [0.5, 0.6) is 0 Å². The summed E-state index contributed by atoms with van der Waals surface area (Å²) in [6.07, 6.45) is 0.164. The van der Waals surface area contributed by atoms with Crippen molar-refractivity contribution in [3.05, 3.63) is 89.3 Å². The minimum absolute atomic E-state index is 0.0497. The molecular weight excluding hydrogens is 535 g/mol. The van der Waals surface area contributed by atoms with Crippen molar-refractivity contribution in [2.24, 2.45) is 0 Å². The van der Waals surface area contributed by atoms with Crippen LogP contribution in [0.15, 0.2) is 71.3 Å². The van der Waals surface area contributed by atoms with Crippen molar-refractivity contribution >= 4 is 34.6 Å². The van der Waals surface area contributed by atoms with Crippen LogP contribution in [0.25, 0.3) is 28.2 Å². The molecule has 2 aromatic carbocycles. The number of fused-ring (bicyclic) bond motifs is 1. The number of benzene rings is 2. The fourth-order valence-electron chi connectivity index (χ4n) is 4.89. The van der Waals surface area contributed by atoms with E-state index in [1.165, 1.54) is 6.08 Å². The van der Waals surface area contributed by atoms with Gasteiger partial charge in [0.2, 0.25) is 0 Å². The lowest BCUT2D eigenvalue weighted by Gasteiger charge is -2.25. The number of amides is 1. The van der Waals surface area contributed by atoms with Crippen molar-refractivity contribution < 1.29 is 32.3 Å². The van der Waals surface area contributed by atoms with Gasteiger partial charge in [-0.3, -0.25) is 9.59 Å². The van der Waals surface area contributed by atoms with E-state index in [1.54, 1.807) is 48.7 Å². The number of nitrogens with two attached hydrogens (primary N) is 1. The van der Waals surface area contributed by atoms with Crippen LogP contribution in [0, 0.1) is 6.92 Å². The average molecular weight is 564 g/mol. The number of allylic oxidation sites excluding steroid dienone is 1. The quantitative estimate of drug-likeness (QED) is 0.278. The number of furan rings is 1. The number of rotatable bonds is 7. The molecule has 41 heavy (non-hydrogen) atoms. The predicted octanol–water partition coefficient (Wildman–Crippen LogP) is 5.74. The molecule has 3 N–H and O–H groups in total. The van der Waals surface area contributed by atoms with Crippen LogP contribution in [-0.4, -0.2) is 51.5 Å². The maximum Gasteiger partial charge on any atom is 0.419 e. The highest BCUT2D eigenvalue weighted by atomic mass is 19.4. The molecule has 1 saturated heterocycles. The van der Waals surface area contributed by atoms with Crippen molar-refractivity contribution in [2.75, 3.05) is 18.8 Å². The summed E-state index contributed by atoms with van der Waals surface area (Å²) >= 11 is 0. The summed E-state index contributed by atoms with van der Waals surface area (Å²) in [5.41, 5.74) is 7.04. The summed E-state index contributed by atoms with van der Waals surface area (Å²) < 4.78 is 45.4. The van der Waals surface area contributed by atoms with E-state index in [-0.39, 0.29) is 24.3 Å². The maximum absolute atomic E-state index is 13.1. The Labute approximate surface area is 234 Å². The largest absolute Gasteiger partial charge is 0.461 e. The Hall–Kier alpha value is -4.44. The van der Waals surface area contributed by atoms with Crippen LogP contribution < -0.4 is 5.73 Å². The normalized spacial score (nSPS) is 17.5. The average Bonchev–Trinajstić information content (AvgIpc) is 3.56. The molecule has 4 aromatic rings. The molecular formula is C31H28F3N3O4. The van der Waals surface area contributed by atoms with Crippen molar-refractivity contribution in [2.45, 2.75) is 38.0 Å². The molecule has 1 amide bonds. The number of aromatic nitrogens is 1. The molecule has 1 unspecified atom stereocenters. The van der Waals surface area contributed by atoms with E-state index in [1.807, 2.05) is 25.1 Å². The van der Waals surface area contributed by atoms with Gasteiger partial charge in [-0.2, -0.15) is 13.2 Å². The van der Waals surface area contributed by atoms with Gasteiger partial charge >= 0.3 is 6.18 Å². The lowest BCUT2D eigenvalue weighted by atomic mass is 9.99. The number of carbonyl (C=O) groups is 2. The number of β-amino-alcohol motifs (C(OH)–C–C–N with tert-alkyl or cyclic N) is 1. The van der Waals surface area contributed by atoms with Crippen molar-refractivity contribution in [1.29, 1.82) is 0 Å². The minimum atomic E-state index is -4.79. The van der Waals surface area contributed by atoms with E-state index in [4.69, 9.17) is 10.2 Å². The number of hydrogen-bond donors (Lipinski definition) is 2. The van der Waals surface area contributed by atoms with E-state index in [2.05, 4.69) is 4.98 Å². The van der Waals surface area contributed by atoms with Gasteiger partial charge in [0.05, 0.1) is 6.54 Å². The molecule has 7 nitrogen and oxygen atoms in total. The summed E-state index contributed by atoms with van der Waals surface area (Å²) in [5.74, 6) is 0.485. The van der Waals surface area contributed by atoms with Gasteiger partial charge in [0.15, 0.2) is 11.4 Å². The van der Waals surface area contributed by atoms with Crippen LogP contribution >= 0.6 is 0 Å². The smallest absolute Gasteiger partial charge is 0.419 e. The highest BCUT2D eigenvalue weighted by molar-refractivity contribution is 5.95. The van der Waals surface area contributed by atoms with Gasteiger partial charge in [-0.1, -0.05) is 12.1 Å². The first-order valence-corrected chi connectivity index (χ1v) is 13.1. The topological polar surface area (TPSA) is 110 Å². The minimum Gasteiger partial charge on any atom is -0.461 e. The summed E-state index contributed by atoms with van der Waals surface area (Å²) in [6, 6.07) is 15.9. The number of likely N-dealkylation sites (tertiary alicyclic amines) is 1. The highest BCUT2D eigenvalue weighted by Crippen LogP contribution is 2.38. The molecule has 0 bridgehead atoms. The molecule has 0 radical (unpaired) electrons. The van der Waals surface area contributed by atoms with Gasteiger partial charge in [0, 0.05) is 43.0 Å². The van der Waals surface area contributed by atoms with Gasteiger partial charge < -0.3 is 20.2 Å². The molecule has 0 saturated carbocycles. The lowest BCUT2D eigenvalue weighted by molar-refractivity contribution is -0.253. The van der Waals surface area contributed by atoms with Crippen LogP contribution in [0.1, 0.15) is 40.1 Å². The molecule has 1 aliphatic heterocycles. The third-order valence-electron chi connectivity index (χ3n) is 7.27. The molecule has 5 rings (SSSR count). The van der Waals surface area contributed by atoms with E-state index in [9.17, 15) is 27.9 Å². The summed E-state index contributed by atoms with van der Waals surface area (Å²) in [7, 11) is 0. The highest BCUT2D eigenvalue weighted by Gasteiger charge is 2.57. The number of halogens is 3. The SMILES string of the molecule is Cc1cc(-c2ccc(C(=O)N3CCC(O)(C(F)(F)F)C3)cc2)cc2cc(CCC(=O)/C=C/c3ccc(N)nc3)oc12. The molecule has 212 valence electrons. The predicted molar refractivity (Wildman–Crippen MR) is 149 cm³/mol. The second-order valence-corrected chi connectivity index (χ2v) is 10.3. The van der Waals surface area contributed by atoms with Gasteiger partial charge in [0.25, 0.3) is 5.91 Å². The van der Waals surface area contributed by atoms with Gasteiger partial charge in [-0.25, -0.2) is 4.98 Å². The third kappa shape index (κ3) is 6.02. The molecule has 10 heteroatoms. The Kier molecular flexibility index (Phi) is 7.44. The molecule has 3 heterocycles. The fourth-order valence-corrected chi connectivity index (χ4v) is 4.89. The lowest BCUT2D eigenvalue weighted by Crippen LogP contribution is -2.48. The number of aryl methyl sites for hydroxylation is 2. The van der Waals surface area contributed by atoms with Gasteiger partial charge in [-0.15, -0.1) is 0 Å². The van der Waals surface area contributed by atoms with Gasteiger partial charge in [0.1, 0.15) is 17.2 Å². The zero-order valence-corrected chi connectivity index (χ0v) is 22.2. The Morgan fingerprint density at radius 3 is 2.54 bits per heavy atom. The van der Waals surface area contributed by atoms with Crippen molar-refractivity contribution in [3.8, 4) is 11.1 Å². The van der Waals surface area contributed by atoms with Crippen molar-refractivity contribution in [1.82, 2.24) is 9.88 Å². The molecule has 2 aromatic heterocycles. The Balaban J connectivity index is 1.25. The second-order valence-electron chi connectivity index (χ2n) is 10.3. The molecule has 1 aliphatic rings. The fraction of sp³-hybridized carbons (Fsp3) is 0.258. The summed E-state index contributed by atoms with van der Waals surface area (Å²) in [5, 5.41) is 10.8. The Bertz CT molecular complexity index is 1630. The maximum atomic E-state index is 13.1. The first-order chi connectivity index (χ1) is 19.4. The third-order valence-corrected chi connectivity index (χ3v) is 7.27. The number of carbonyl (C=O) groups excluding carboxylic acids is 2. The van der Waals surface area contributed by atoms with E-state index < -0.39 is 30.7 Å². The zero-order chi connectivity index (χ0) is 29.4. The van der Waals surface area contributed by atoms with Crippen LogP contribution in [0.4, 0.5) is 19.0 Å². The first kappa shape index (κ1) is 28.1. The van der Waals surface area contributed by atoms with Crippen LogP contribution in [0.3, 0.4) is 0 Å². The standard InChI is InChI=1S/C31H28F3N3O4/c1-19-14-23(21-4-6-22(7-5-21)29(39)37-13-12-30(40,18-37)31(32,33)34)15-24-16-26(41-28(19)24)10-9-25(38)8-2-20-3-11-27(35)36-17-20/h2-8,11,14-17,40H,9-10,12-13,18H2,1H3,(H2,35,36)/b8-2+. The van der Waals surface area contributed by atoms with E-state index in [0.29, 0.717) is 18.0 Å². The molecule has 1 fully saturated rings. The number of nitrogens with zero attached hydrogens (tertiary/aromatic N) is 2. The number of hydrogen-bond acceptors (Lipinski definition) is 6. The number of aliphatic hydroxyl groups is 1. The number of pyridine rings is 1. The molecule has 1 atom stereocenters. The van der Waals surface area contributed by atoms with E-state index >= 15 is 0 Å². The Morgan fingerprint density at radius 1 is 1.12 bits per heavy atom. The monoisotopic (exact) mass is 563 g/mol. The number of nitrogen functional groups attached to an aromatic ring is 1. The van der Waals surface area contributed by atoms with Crippen molar-refractivity contribution in [3.63, 3.8) is 0 Å². The van der Waals surface area contributed by atoms with Gasteiger partial charge in [-0.05, 0) is 83.8 Å².